The number of nitrogens with one attached hydrogen (secondary N) is 1. The van der Waals surface area contributed by atoms with E-state index >= 15 is 0 Å². The number of hydrogen-bond donors (Lipinski definition) is 3. The van der Waals surface area contributed by atoms with Crippen LogP contribution in [0.1, 0.15) is 29.5 Å². The molecule has 64 heavy (non-hydrogen) atoms. The van der Waals surface area contributed by atoms with Gasteiger partial charge in [0, 0.05) is 27.7 Å². The van der Waals surface area contributed by atoms with Crippen LogP contribution >= 0.6 is 37.1 Å². The zero-order chi connectivity index (χ0) is 46.7. The van der Waals surface area contributed by atoms with Gasteiger partial charge in [0.2, 0.25) is 7.07 Å². The first-order chi connectivity index (χ1) is 30.6. The van der Waals surface area contributed by atoms with Gasteiger partial charge in [0.1, 0.15) is 11.5 Å². The van der Waals surface area contributed by atoms with Crippen LogP contribution in [0.15, 0.2) is 95.2 Å². The third kappa shape index (κ3) is 18.7. The van der Waals surface area contributed by atoms with E-state index in [0.717, 1.165) is 36.1 Å². The quantitative estimate of drug-likeness (QED) is 0.0294. The first kappa shape index (κ1) is 54.8. The molecule has 17 nitrogen and oxygen atoms in total. The van der Waals surface area contributed by atoms with Gasteiger partial charge in [-0.3, -0.25) is 0 Å². The van der Waals surface area contributed by atoms with E-state index in [2.05, 4.69) is 27.8 Å². The number of benzene rings is 3. The summed E-state index contributed by atoms with van der Waals surface area (Å²) in [6, 6.07) is 22.7. The third-order valence-electron chi connectivity index (χ3n) is 10.0. The summed E-state index contributed by atoms with van der Waals surface area (Å²) in [6.07, 6.45) is 10.9. The summed E-state index contributed by atoms with van der Waals surface area (Å²) in [5, 5.41) is 9.02. The number of rotatable bonds is 28. The van der Waals surface area contributed by atoms with Crippen LogP contribution < -0.4 is 19.0 Å². The van der Waals surface area contributed by atoms with Crippen molar-refractivity contribution in [2.75, 3.05) is 82.4 Å². The van der Waals surface area contributed by atoms with Gasteiger partial charge in [0.15, 0.2) is 7.07 Å². The second-order valence-corrected chi connectivity index (χ2v) is 27.0. The van der Waals surface area contributed by atoms with E-state index in [9.17, 15) is 9.79 Å². The molecule has 0 heterocycles. The molecule has 1 aliphatic rings. The molecule has 0 amide bonds. The Bertz CT molecular complexity index is 2020. The number of ether oxygens (including phenoxy) is 1. The molecule has 1 aliphatic carbocycles. The van der Waals surface area contributed by atoms with E-state index in [0.29, 0.717) is 36.1 Å². The van der Waals surface area contributed by atoms with Crippen molar-refractivity contribution in [3.05, 3.63) is 102 Å². The molecule has 3 aromatic carbocycles. The molecule has 3 N–H and O–H groups in total. The number of hydrazone groups is 2. The maximum atomic E-state index is 10.7. The van der Waals surface area contributed by atoms with Crippen molar-refractivity contribution in [3.8, 4) is 17.2 Å². The fraction of sp³-hybridized carbons (Fsp3) is 0.436. The van der Waals surface area contributed by atoms with E-state index in [1.807, 2.05) is 89.5 Å². The minimum Gasteiger partial charge on any atom is -0.0497 e. The normalized spacial score (nSPS) is 17.8. The van der Waals surface area contributed by atoms with Gasteiger partial charge in [-0.05, 0) is 102 Å². The van der Waals surface area contributed by atoms with E-state index in [1.54, 1.807) is 43.2 Å². The predicted molar refractivity (Wildman–Crippen MR) is 277 cm³/mol. The summed E-state index contributed by atoms with van der Waals surface area (Å²) < 4.78 is 49.8. The van der Waals surface area contributed by atoms with Crippen LogP contribution in [0.4, 0.5) is 0 Å². The van der Waals surface area contributed by atoms with Gasteiger partial charge in [-0.2, -0.15) is 9.88 Å². The van der Waals surface area contributed by atoms with Crippen molar-refractivity contribution in [2.24, 2.45) is 16.1 Å². The fourth-order valence-corrected chi connectivity index (χ4v) is 11.9. The van der Waals surface area contributed by atoms with Crippen molar-refractivity contribution in [1.29, 1.82) is 0 Å². The van der Waals surface area contributed by atoms with Gasteiger partial charge in [-0.15, -0.1) is 0 Å². The van der Waals surface area contributed by atoms with Crippen molar-refractivity contribution in [3.63, 3.8) is 0 Å². The van der Waals surface area contributed by atoms with E-state index in [1.165, 1.54) is 28.4 Å². The third-order valence-corrected chi connectivity index (χ3v) is 20.6. The molecule has 5 unspecified atom stereocenters. The van der Waals surface area contributed by atoms with Gasteiger partial charge in [-0.25, -0.2) is 10.2 Å². The Hall–Kier alpha value is -1.85. The van der Waals surface area contributed by atoms with E-state index in [4.69, 9.17) is 71.8 Å². The Morgan fingerprint density at radius 3 is 1.50 bits per heavy atom. The topological polar surface area (TPSA) is 164 Å². The Kier molecular flexibility index (Phi) is 23.8. The van der Waals surface area contributed by atoms with Gasteiger partial charge < -0.3 is 13.8 Å². The van der Waals surface area contributed by atoms with E-state index < -0.39 is 37.1 Å². The summed E-state index contributed by atoms with van der Waals surface area (Å²) in [5.74, 6) is 2.39. The molecule has 5 atom stereocenters. The maximum Gasteiger partial charge on any atom is -0.0189 e. The van der Waals surface area contributed by atoms with Crippen molar-refractivity contribution in [1.82, 2.24) is 24.7 Å². The van der Waals surface area contributed by atoms with Crippen LogP contribution in [0, 0.1) is 5.92 Å². The second kappa shape index (κ2) is 27.8. The molecular weight excluding hydrogens is 978 g/mol. The Morgan fingerprint density at radius 1 is 0.656 bits per heavy atom. The standard InChI is InChI=1S/C39H64N7O10P5S3/c1-43(40-27-33-11-17-36(49-4)18-12-33)58(63)55-38-21-15-35(16-22-38)29-42-45(3)59(64)56-39-23-13-34(14-24-39)28-41-44(2)57(62)54-37-19-9-32(10-20-37)25-26-46(30-60(47,50-5)51-6)31-61(48,52-7)53-8/h9-11,13-17,19-24,28-29,33,36,40,47-48,57-61H,12,18,25-27,30-31H2,1-8H3/b41-28+,42-29+. The average molecular weight is 1040 g/mol. The molecule has 0 fully saturated rings. The molecule has 358 valence electrons. The van der Waals surface area contributed by atoms with Crippen LogP contribution in [-0.4, -0.2) is 130 Å². The summed E-state index contributed by atoms with van der Waals surface area (Å²) in [4.78, 5) is 23.3. The van der Waals surface area contributed by atoms with Crippen molar-refractivity contribution >= 4 is 85.0 Å². The van der Waals surface area contributed by atoms with Crippen molar-refractivity contribution in [2.45, 2.75) is 25.4 Å². The van der Waals surface area contributed by atoms with Crippen LogP contribution in [0.2, 0.25) is 0 Å². The maximum absolute atomic E-state index is 10.7. The second-order valence-electron chi connectivity index (χ2n) is 14.5. The SMILES string of the molecule is COC1C=CC(CNN(C)[PH](=S)Oc2ccc(/C=N/N(C)[PH](=S)Oc3ccc(/C=N/N(C)[PH](=S)Oc4ccc(CCN(C[PH](O)(OC)OC)C[PH](O)(OC)OC)cc4)cc3)cc2)CC1. The number of nitrogens with zero attached hydrogens (tertiary/aromatic N) is 6. The fourth-order valence-electron chi connectivity index (χ4n) is 5.90. The molecule has 25 heteroatoms. The zero-order valence-electron chi connectivity index (χ0n) is 37.4. The van der Waals surface area contributed by atoms with Gasteiger partial charge in [0.05, 0.1) is 18.5 Å². The Labute approximate surface area is 396 Å². The van der Waals surface area contributed by atoms with E-state index in [-0.39, 0.29) is 18.7 Å². The average Bonchev–Trinajstić information content (AvgIpc) is 3.32. The summed E-state index contributed by atoms with van der Waals surface area (Å²) in [5.41, 5.74) is 6.14. The monoisotopic (exact) mass is 1040 g/mol. The molecule has 0 spiro atoms. The number of methoxy groups -OCH3 is 1. The predicted octanol–water partition coefficient (Wildman–Crippen LogP) is 7.01. The molecule has 0 aliphatic heterocycles. The molecule has 3 aromatic rings. The van der Waals surface area contributed by atoms with Crippen LogP contribution in [-0.2, 0) is 64.7 Å². The minimum atomic E-state index is -3.47. The van der Waals surface area contributed by atoms with Crippen molar-refractivity contribution < 1.29 is 46.2 Å². The number of hydrogen-bond acceptors (Lipinski definition) is 17. The minimum absolute atomic E-state index is 0.0969. The molecule has 0 saturated heterocycles. The zero-order valence-corrected chi connectivity index (χ0v) is 44.9. The molecule has 0 aromatic heterocycles. The Balaban J connectivity index is 1.19. The van der Waals surface area contributed by atoms with Crippen LogP contribution in [0.5, 0.6) is 17.2 Å². The first-order valence-electron chi connectivity index (χ1n) is 20.2. The molecule has 4 rings (SSSR count). The first-order valence-corrected chi connectivity index (χ1v) is 31.6. The van der Waals surface area contributed by atoms with Gasteiger partial charge in [0.25, 0.3) is 0 Å². The molecular formula is C39H64N7O10P5S3. The smallest absolute Gasteiger partial charge is 0.0189 e. The molecule has 0 saturated carbocycles. The van der Waals surface area contributed by atoms with Crippen LogP contribution in [0.25, 0.3) is 0 Å². The van der Waals surface area contributed by atoms with Gasteiger partial charge >= 0.3 is 179 Å². The Morgan fingerprint density at radius 2 is 1.09 bits per heavy atom. The molecule has 0 bridgehead atoms. The summed E-state index contributed by atoms with van der Waals surface area (Å²) >= 11 is 17.0. The summed E-state index contributed by atoms with van der Waals surface area (Å²) in [6.45, 7) is 1.28. The number of hydrazine groups is 1. The van der Waals surface area contributed by atoms with Gasteiger partial charge in [-0.1, -0.05) is 12.2 Å². The largest absolute Gasteiger partial charge is 0.0497 e. The molecule has 0 radical (unpaired) electrons. The van der Waals surface area contributed by atoms with Crippen LogP contribution in [0.3, 0.4) is 0 Å². The summed E-state index contributed by atoms with van der Waals surface area (Å²) in [7, 11) is 0.404.